The zero-order valence-corrected chi connectivity index (χ0v) is 18.5. The van der Waals surface area contributed by atoms with E-state index in [-0.39, 0.29) is 0 Å². The van der Waals surface area contributed by atoms with Gasteiger partial charge in [-0.25, -0.2) is 0 Å². The van der Waals surface area contributed by atoms with Gasteiger partial charge in [0.2, 0.25) is 0 Å². The van der Waals surface area contributed by atoms with Crippen LogP contribution >= 0.6 is 22.9 Å². The number of carbonyl (C=O) groups excluding carboxylic acids is 3. The molecule has 3 aromatic rings. The molecule has 1 aliphatic rings. The molecule has 0 radical (unpaired) electrons. The summed E-state index contributed by atoms with van der Waals surface area (Å²) in [4.78, 5) is 37.2. The maximum absolute atomic E-state index is 12.4. The molecule has 2 N–H and O–H groups in total. The summed E-state index contributed by atoms with van der Waals surface area (Å²) in [5, 5.41) is 6.25. The lowest BCUT2D eigenvalue weighted by molar-refractivity contribution is -0.152. The SMILES string of the molecule is C[C@H](OC(=O)CNC(=O)c1sc2ccccc2c1Cl)C(=O)Nc1ccc2c(c1)OCCO2. The quantitative estimate of drug-likeness (QED) is 0.529. The summed E-state index contributed by atoms with van der Waals surface area (Å²) in [5.41, 5.74) is 0.481. The van der Waals surface area contributed by atoms with Crippen molar-refractivity contribution in [3.63, 3.8) is 0 Å². The maximum Gasteiger partial charge on any atom is 0.326 e. The highest BCUT2D eigenvalue weighted by atomic mass is 35.5. The summed E-state index contributed by atoms with van der Waals surface area (Å²) in [6.45, 7) is 1.94. The van der Waals surface area contributed by atoms with Crippen LogP contribution in [0, 0.1) is 0 Å². The van der Waals surface area contributed by atoms with Crippen LogP contribution in [0.25, 0.3) is 10.1 Å². The lowest BCUT2D eigenvalue weighted by Gasteiger charge is -2.19. The van der Waals surface area contributed by atoms with Crippen molar-refractivity contribution in [2.24, 2.45) is 0 Å². The minimum absolute atomic E-state index is 0.310. The Labute approximate surface area is 192 Å². The van der Waals surface area contributed by atoms with Crippen molar-refractivity contribution in [2.45, 2.75) is 13.0 Å². The molecule has 0 saturated carbocycles. The molecule has 0 saturated heterocycles. The fraction of sp³-hybridized carbons (Fsp3) is 0.227. The maximum atomic E-state index is 12.4. The largest absolute Gasteiger partial charge is 0.486 e. The minimum Gasteiger partial charge on any atom is -0.486 e. The number of benzene rings is 2. The van der Waals surface area contributed by atoms with Crippen LogP contribution in [0.2, 0.25) is 5.02 Å². The zero-order valence-electron chi connectivity index (χ0n) is 17.0. The Morgan fingerprint density at radius 2 is 1.88 bits per heavy atom. The number of nitrogens with one attached hydrogen (secondary N) is 2. The predicted molar refractivity (Wildman–Crippen MR) is 121 cm³/mol. The first-order valence-corrected chi connectivity index (χ1v) is 11.0. The molecule has 2 aromatic carbocycles. The molecule has 0 bridgehead atoms. The number of thiophene rings is 1. The molecule has 0 aliphatic carbocycles. The van der Waals surface area contributed by atoms with Crippen LogP contribution in [0.4, 0.5) is 5.69 Å². The molecule has 1 aromatic heterocycles. The lowest BCUT2D eigenvalue weighted by Crippen LogP contribution is -2.35. The summed E-state index contributed by atoms with van der Waals surface area (Å²) in [5.74, 6) is -0.625. The van der Waals surface area contributed by atoms with Crippen molar-refractivity contribution < 1.29 is 28.6 Å². The van der Waals surface area contributed by atoms with Crippen molar-refractivity contribution in [1.82, 2.24) is 5.32 Å². The van der Waals surface area contributed by atoms with Crippen molar-refractivity contribution in [2.75, 3.05) is 25.1 Å². The Balaban J connectivity index is 1.29. The molecular formula is C22H19ClN2O6S. The average Bonchev–Trinajstić information content (AvgIpc) is 3.14. The molecular weight excluding hydrogens is 456 g/mol. The molecule has 1 atom stereocenters. The second-order valence-corrected chi connectivity index (χ2v) is 8.33. The fourth-order valence-corrected chi connectivity index (χ4v) is 4.48. The van der Waals surface area contributed by atoms with Crippen molar-refractivity contribution >= 4 is 56.5 Å². The molecule has 0 fully saturated rings. The number of rotatable bonds is 6. The molecule has 0 spiro atoms. The van der Waals surface area contributed by atoms with Crippen LogP contribution in [-0.4, -0.2) is 43.6 Å². The monoisotopic (exact) mass is 474 g/mol. The van der Waals surface area contributed by atoms with E-state index in [0.29, 0.717) is 40.3 Å². The zero-order chi connectivity index (χ0) is 22.7. The first-order valence-electron chi connectivity index (χ1n) is 9.77. The van der Waals surface area contributed by atoms with E-state index in [1.807, 2.05) is 24.3 Å². The number of halogens is 1. The third-order valence-electron chi connectivity index (χ3n) is 4.62. The molecule has 8 nitrogen and oxygen atoms in total. The second-order valence-electron chi connectivity index (χ2n) is 6.90. The van der Waals surface area contributed by atoms with E-state index in [2.05, 4.69) is 10.6 Å². The van der Waals surface area contributed by atoms with E-state index in [1.54, 1.807) is 18.2 Å². The number of fused-ring (bicyclic) bond motifs is 2. The van der Waals surface area contributed by atoms with Crippen LogP contribution in [0.1, 0.15) is 16.6 Å². The Bertz CT molecular complexity index is 1190. The van der Waals surface area contributed by atoms with Gasteiger partial charge in [0, 0.05) is 21.8 Å². The number of anilines is 1. The van der Waals surface area contributed by atoms with E-state index >= 15 is 0 Å². The molecule has 2 amide bonds. The van der Waals surface area contributed by atoms with E-state index < -0.39 is 30.4 Å². The van der Waals surface area contributed by atoms with E-state index in [4.69, 9.17) is 25.8 Å². The van der Waals surface area contributed by atoms with E-state index in [9.17, 15) is 14.4 Å². The van der Waals surface area contributed by atoms with Crippen LogP contribution in [0.3, 0.4) is 0 Å². The van der Waals surface area contributed by atoms with Crippen LogP contribution < -0.4 is 20.1 Å². The van der Waals surface area contributed by atoms with E-state index in [1.165, 1.54) is 18.3 Å². The molecule has 0 unspecified atom stereocenters. The first kappa shape index (κ1) is 21.9. The lowest BCUT2D eigenvalue weighted by atomic mass is 10.2. The average molecular weight is 475 g/mol. The Hall–Kier alpha value is -3.30. The van der Waals surface area contributed by atoms with Crippen LogP contribution in [-0.2, 0) is 14.3 Å². The van der Waals surface area contributed by atoms with Gasteiger partial charge in [-0.2, -0.15) is 0 Å². The van der Waals surface area contributed by atoms with Gasteiger partial charge in [-0.05, 0) is 25.1 Å². The molecule has 32 heavy (non-hydrogen) atoms. The number of esters is 1. The van der Waals surface area contributed by atoms with Gasteiger partial charge in [0.05, 0.1) is 5.02 Å². The Morgan fingerprint density at radius 3 is 2.66 bits per heavy atom. The van der Waals surface area contributed by atoms with Gasteiger partial charge in [-0.3, -0.25) is 14.4 Å². The normalized spacial score (nSPS) is 13.3. The second kappa shape index (κ2) is 9.46. The number of carbonyl (C=O) groups is 3. The molecule has 166 valence electrons. The smallest absolute Gasteiger partial charge is 0.326 e. The van der Waals surface area contributed by atoms with Gasteiger partial charge in [-0.15, -0.1) is 11.3 Å². The van der Waals surface area contributed by atoms with Crippen molar-refractivity contribution in [3.8, 4) is 11.5 Å². The van der Waals surface area contributed by atoms with Crippen LogP contribution in [0.5, 0.6) is 11.5 Å². The highest BCUT2D eigenvalue weighted by Gasteiger charge is 2.21. The van der Waals surface area contributed by atoms with Gasteiger partial charge < -0.3 is 24.8 Å². The standard InChI is InChI=1S/C22H19ClN2O6S/c1-12(21(27)25-13-6-7-15-16(10-13)30-9-8-29-15)31-18(26)11-24-22(28)20-19(23)14-4-2-3-5-17(14)32-20/h2-7,10,12H,8-9,11H2,1H3,(H,24,28)(H,25,27)/t12-/m0/s1. The summed E-state index contributed by atoms with van der Waals surface area (Å²) in [7, 11) is 0. The summed E-state index contributed by atoms with van der Waals surface area (Å²) < 4.78 is 16.9. The fourth-order valence-electron chi connectivity index (χ4n) is 3.05. The molecule has 4 rings (SSSR count). The Kier molecular flexibility index (Phi) is 6.48. The summed E-state index contributed by atoms with van der Waals surface area (Å²) in [6.07, 6.45) is -1.07. The molecule has 10 heteroatoms. The number of hydrogen-bond acceptors (Lipinski definition) is 7. The third kappa shape index (κ3) is 4.79. The first-order chi connectivity index (χ1) is 15.4. The molecule has 1 aliphatic heterocycles. The van der Waals surface area contributed by atoms with Crippen molar-refractivity contribution in [3.05, 3.63) is 52.4 Å². The van der Waals surface area contributed by atoms with Gasteiger partial charge in [0.15, 0.2) is 17.6 Å². The van der Waals surface area contributed by atoms with Gasteiger partial charge in [-0.1, -0.05) is 29.8 Å². The topological polar surface area (TPSA) is 103 Å². The van der Waals surface area contributed by atoms with Gasteiger partial charge in [0.25, 0.3) is 11.8 Å². The summed E-state index contributed by atoms with van der Waals surface area (Å²) >= 11 is 7.51. The summed E-state index contributed by atoms with van der Waals surface area (Å²) in [6, 6.07) is 12.4. The minimum atomic E-state index is -1.07. The van der Waals surface area contributed by atoms with E-state index in [0.717, 1.165) is 10.1 Å². The number of ether oxygens (including phenoxy) is 3. The van der Waals surface area contributed by atoms with Crippen molar-refractivity contribution in [1.29, 1.82) is 0 Å². The highest BCUT2D eigenvalue weighted by Crippen LogP contribution is 2.35. The molecule has 2 heterocycles. The number of amides is 2. The highest BCUT2D eigenvalue weighted by molar-refractivity contribution is 7.21. The number of hydrogen-bond donors (Lipinski definition) is 2. The third-order valence-corrected chi connectivity index (χ3v) is 6.30. The Morgan fingerprint density at radius 1 is 1.12 bits per heavy atom. The van der Waals surface area contributed by atoms with Gasteiger partial charge in [0.1, 0.15) is 24.6 Å². The van der Waals surface area contributed by atoms with Gasteiger partial charge >= 0.3 is 5.97 Å². The van der Waals surface area contributed by atoms with Crippen LogP contribution in [0.15, 0.2) is 42.5 Å². The predicted octanol–water partition coefficient (Wildman–Crippen LogP) is 3.63.